The molecule has 11 heteroatoms. The third-order valence-electron chi connectivity index (χ3n) is 4.99. The van der Waals surface area contributed by atoms with Crippen LogP contribution < -0.4 is 9.46 Å². The monoisotopic (exact) mass is 509 g/mol. The third-order valence-corrected chi connectivity index (χ3v) is 6.45. The van der Waals surface area contributed by atoms with Crippen molar-refractivity contribution in [3.8, 4) is 5.75 Å². The Balaban J connectivity index is 1.92. The second-order valence-electron chi connectivity index (χ2n) is 7.46. The summed E-state index contributed by atoms with van der Waals surface area (Å²) >= 11 is 0. The number of ether oxygens (including phenoxy) is 2. The summed E-state index contributed by atoms with van der Waals surface area (Å²) in [4.78, 5) is 11.0. The normalized spacial score (nSPS) is 11.8. The number of aromatic carboxylic acids is 1. The van der Waals surface area contributed by atoms with Crippen LogP contribution in [0.2, 0.25) is 0 Å². The molecule has 3 aromatic carbocycles. The van der Waals surface area contributed by atoms with Crippen LogP contribution in [0.5, 0.6) is 5.75 Å². The molecule has 0 aliphatic carbocycles. The summed E-state index contributed by atoms with van der Waals surface area (Å²) in [7, 11) is -2.69. The Hall–Kier alpha value is -3.57. The molecule has 0 spiro atoms. The number of alkyl halides is 3. The number of sulfonamides is 1. The van der Waals surface area contributed by atoms with Crippen LogP contribution in [0.3, 0.4) is 0 Å². The van der Waals surface area contributed by atoms with E-state index in [1.165, 1.54) is 43.5 Å². The SMILES string of the molecule is COCCc1ccccc1S(=O)(=O)Nc1ccc(C(F)(F)F)cc1OCc1ccc(C(=O)O)cc1. The van der Waals surface area contributed by atoms with Crippen LogP contribution in [-0.4, -0.2) is 33.2 Å². The number of anilines is 1. The number of hydrogen-bond acceptors (Lipinski definition) is 5. The van der Waals surface area contributed by atoms with Crippen molar-refractivity contribution in [2.75, 3.05) is 18.4 Å². The highest BCUT2D eigenvalue weighted by Crippen LogP contribution is 2.36. The van der Waals surface area contributed by atoms with Gasteiger partial charge < -0.3 is 14.6 Å². The molecule has 7 nitrogen and oxygen atoms in total. The molecular weight excluding hydrogens is 487 g/mol. The lowest BCUT2D eigenvalue weighted by atomic mass is 10.1. The summed E-state index contributed by atoms with van der Waals surface area (Å²) in [6, 6.07) is 14.2. The quantitative estimate of drug-likeness (QED) is 0.400. The largest absolute Gasteiger partial charge is 0.487 e. The van der Waals surface area contributed by atoms with Crippen molar-refractivity contribution in [3.05, 3.63) is 89.0 Å². The average molecular weight is 510 g/mol. The Kier molecular flexibility index (Phi) is 8.03. The first-order valence-corrected chi connectivity index (χ1v) is 11.8. The summed E-state index contributed by atoms with van der Waals surface area (Å²) in [5, 5.41) is 8.99. The highest BCUT2D eigenvalue weighted by Gasteiger charge is 2.32. The molecule has 0 unspecified atom stereocenters. The lowest BCUT2D eigenvalue weighted by Gasteiger charge is -2.17. The minimum atomic E-state index is -4.68. The maximum atomic E-state index is 13.3. The Morgan fingerprint density at radius 1 is 1.03 bits per heavy atom. The highest BCUT2D eigenvalue weighted by molar-refractivity contribution is 7.92. The number of hydrogen-bond donors (Lipinski definition) is 2. The summed E-state index contributed by atoms with van der Waals surface area (Å²) in [6.45, 7) is 0.0577. The molecule has 0 radical (unpaired) electrons. The zero-order chi connectivity index (χ0) is 25.6. The first-order chi connectivity index (χ1) is 16.5. The van der Waals surface area contributed by atoms with Crippen molar-refractivity contribution in [2.24, 2.45) is 0 Å². The van der Waals surface area contributed by atoms with Crippen LogP contribution in [0.15, 0.2) is 71.6 Å². The Labute approximate surface area is 200 Å². The molecule has 0 atom stereocenters. The average Bonchev–Trinajstić information content (AvgIpc) is 2.81. The van der Waals surface area contributed by atoms with Gasteiger partial charge in [0.1, 0.15) is 12.4 Å². The van der Waals surface area contributed by atoms with Gasteiger partial charge in [0.25, 0.3) is 10.0 Å². The van der Waals surface area contributed by atoms with Gasteiger partial charge in [0, 0.05) is 7.11 Å². The van der Waals surface area contributed by atoms with E-state index in [4.69, 9.17) is 14.6 Å². The minimum Gasteiger partial charge on any atom is -0.487 e. The van der Waals surface area contributed by atoms with Crippen LogP contribution in [0.1, 0.15) is 27.0 Å². The van der Waals surface area contributed by atoms with Gasteiger partial charge in [0.05, 0.1) is 28.3 Å². The van der Waals surface area contributed by atoms with E-state index in [0.717, 1.165) is 12.1 Å². The van der Waals surface area contributed by atoms with E-state index in [-0.39, 0.29) is 35.1 Å². The molecule has 3 rings (SSSR count). The van der Waals surface area contributed by atoms with Crippen molar-refractivity contribution >= 4 is 21.7 Å². The first-order valence-electron chi connectivity index (χ1n) is 10.3. The topological polar surface area (TPSA) is 102 Å². The van der Waals surface area contributed by atoms with Crippen LogP contribution in [0, 0.1) is 0 Å². The minimum absolute atomic E-state index is 0.0350. The molecule has 3 aromatic rings. The number of methoxy groups -OCH3 is 1. The number of benzene rings is 3. The Bertz CT molecular complexity index is 1290. The fourth-order valence-corrected chi connectivity index (χ4v) is 4.53. The van der Waals surface area contributed by atoms with Gasteiger partial charge in [-0.05, 0) is 53.9 Å². The van der Waals surface area contributed by atoms with Crippen molar-refractivity contribution < 1.29 is 41.0 Å². The van der Waals surface area contributed by atoms with Gasteiger partial charge >= 0.3 is 12.1 Å². The first kappa shape index (κ1) is 26.0. The van der Waals surface area contributed by atoms with Crippen molar-refractivity contribution in [2.45, 2.75) is 24.1 Å². The van der Waals surface area contributed by atoms with E-state index in [0.29, 0.717) is 23.6 Å². The summed E-state index contributed by atoms with van der Waals surface area (Å²) in [6.07, 6.45) is -4.36. The zero-order valence-electron chi connectivity index (χ0n) is 18.5. The number of rotatable bonds is 10. The van der Waals surface area contributed by atoms with E-state index in [1.54, 1.807) is 12.1 Å². The summed E-state index contributed by atoms with van der Waals surface area (Å²) in [5.74, 6) is -1.46. The molecule has 186 valence electrons. The van der Waals surface area contributed by atoms with Gasteiger partial charge in [0.15, 0.2) is 0 Å². The van der Waals surface area contributed by atoms with Crippen molar-refractivity contribution in [3.63, 3.8) is 0 Å². The van der Waals surface area contributed by atoms with Gasteiger partial charge in [0.2, 0.25) is 0 Å². The van der Waals surface area contributed by atoms with Gasteiger partial charge in [-0.1, -0.05) is 30.3 Å². The Morgan fingerprint density at radius 3 is 2.34 bits per heavy atom. The molecule has 0 bridgehead atoms. The molecule has 0 aromatic heterocycles. The molecule has 0 fully saturated rings. The van der Waals surface area contributed by atoms with Crippen LogP contribution in [-0.2, 0) is 34.0 Å². The van der Waals surface area contributed by atoms with Gasteiger partial charge in [-0.25, -0.2) is 13.2 Å². The summed E-state index contributed by atoms with van der Waals surface area (Å²) in [5.41, 5.74) is -0.201. The van der Waals surface area contributed by atoms with E-state index in [1.807, 2.05) is 0 Å². The molecule has 0 amide bonds. The number of carboxylic acid groups (broad SMARTS) is 1. The van der Waals surface area contributed by atoms with Crippen molar-refractivity contribution in [1.29, 1.82) is 0 Å². The fraction of sp³-hybridized carbons (Fsp3) is 0.208. The molecular formula is C24H22F3NO6S. The lowest BCUT2D eigenvalue weighted by molar-refractivity contribution is -0.137. The van der Waals surface area contributed by atoms with E-state index in [9.17, 15) is 26.4 Å². The highest BCUT2D eigenvalue weighted by atomic mass is 32.2. The van der Waals surface area contributed by atoms with Gasteiger partial charge in [-0.2, -0.15) is 13.2 Å². The van der Waals surface area contributed by atoms with E-state index >= 15 is 0 Å². The number of carboxylic acids is 1. The molecule has 2 N–H and O–H groups in total. The molecule has 0 saturated carbocycles. The fourth-order valence-electron chi connectivity index (χ4n) is 3.19. The summed E-state index contributed by atoms with van der Waals surface area (Å²) < 4.78 is 79.0. The Morgan fingerprint density at radius 2 is 1.71 bits per heavy atom. The number of carbonyl (C=O) groups is 1. The maximum absolute atomic E-state index is 13.3. The number of halogens is 3. The predicted molar refractivity (Wildman–Crippen MR) is 122 cm³/mol. The van der Waals surface area contributed by atoms with Crippen molar-refractivity contribution in [1.82, 2.24) is 0 Å². The smallest absolute Gasteiger partial charge is 0.416 e. The van der Waals surface area contributed by atoms with Crippen LogP contribution >= 0.6 is 0 Å². The molecule has 0 aliphatic heterocycles. The van der Waals surface area contributed by atoms with Gasteiger partial charge in [-0.3, -0.25) is 4.72 Å². The van der Waals surface area contributed by atoms with E-state index in [2.05, 4.69) is 4.72 Å². The lowest BCUT2D eigenvalue weighted by Crippen LogP contribution is -2.17. The van der Waals surface area contributed by atoms with Crippen LogP contribution in [0.4, 0.5) is 18.9 Å². The molecule has 0 saturated heterocycles. The standard InChI is InChI=1S/C24H22F3NO6S/c1-33-13-12-17-4-2-3-5-22(17)35(31,32)28-20-11-10-19(24(25,26)27)14-21(20)34-15-16-6-8-18(9-7-16)23(29)30/h2-11,14,28H,12-13,15H2,1H3,(H,29,30). The molecule has 35 heavy (non-hydrogen) atoms. The van der Waals surface area contributed by atoms with E-state index < -0.39 is 27.7 Å². The third kappa shape index (κ3) is 6.74. The predicted octanol–water partition coefficient (Wildman–Crippen LogP) is 4.97. The number of nitrogens with one attached hydrogen (secondary N) is 1. The molecule has 0 heterocycles. The van der Waals surface area contributed by atoms with Gasteiger partial charge in [-0.15, -0.1) is 0 Å². The molecule has 0 aliphatic rings. The second kappa shape index (κ2) is 10.8. The second-order valence-corrected chi connectivity index (χ2v) is 9.11. The zero-order valence-corrected chi connectivity index (χ0v) is 19.3. The maximum Gasteiger partial charge on any atom is 0.416 e. The van der Waals surface area contributed by atoms with Crippen LogP contribution in [0.25, 0.3) is 0 Å².